The molecule has 0 saturated carbocycles. The maximum absolute atomic E-state index is 5.05. The van der Waals surface area contributed by atoms with Crippen LogP contribution >= 0.6 is 0 Å². The predicted molar refractivity (Wildman–Crippen MR) is 92.5 cm³/mol. The molecule has 2 fully saturated rings. The number of pyridine rings is 1. The van der Waals surface area contributed by atoms with Crippen molar-refractivity contribution in [2.45, 2.75) is 51.1 Å². The van der Waals surface area contributed by atoms with E-state index in [1.165, 1.54) is 44.5 Å². The van der Waals surface area contributed by atoms with E-state index in [1.54, 1.807) is 0 Å². The van der Waals surface area contributed by atoms with Crippen LogP contribution in [-0.2, 0) is 0 Å². The summed E-state index contributed by atoms with van der Waals surface area (Å²) in [6, 6.07) is 5.11. The van der Waals surface area contributed by atoms with E-state index >= 15 is 0 Å². The molecule has 124 valence electrons. The number of hydrogen-bond donors (Lipinski definition) is 1. The quantitative estimate of drug-likeness (QED) is 0.946. The third-order valence-corrected chi connectivity index (χ3v) is 5.47. The fourth-order valence-corrected chi connectivity index (χ4v) is 4.27. The van der Waals surface area contributed by atoms with Crippen molar-refractivity contribution in [3.05, 3.63) is 24.2 Å². The first-order valence-electron chi connectivity index (χ1n) is 9.16. The molecule has 0 radical (unpaired) electrons. The minimum Gasteiger partial charge on any atom is -0.317 e. The topological polar surface area (TPSA) is 46.0 Å². The van der Waals surface area contributed by atoms with Gasteiger partial charge < -0.3 is 9.88 Å². The molecule has 4 heterocycles. The number of nitrogens with zero attached hydrogens (tertiary/aromatic N) is 4. The fourth-order valence-electron chi connectivity index (χ4n) is 4.27. The standard InChI is InChI=1S/C18H27N5/c1-2-22-13-4-3-7-16(22)18-21-15-6-5-10-20-17(15)23(18)14-8-11-19-12-9-14/h5-6,10,14,16,19H,2-4,7-9,11-13H2,1H3. The lowest BCUT2D eigenvalue weighted by atomic mass is 10.00. The van der Waals surface area contributed by atoms with Crippen LogP contribution in [-0.4, -0.2) is 45.6 Å². The second kappa shape index (κ2) is 6.57. The highest BCUT2D eigenvalue weighted by Gasteiger charge is 2.30. The van der Waals surface area contributed by atoms with Gasteiger partial charge in [-0.3, -0.25) is 4.90 Å². The number of likely N-dealkylation sites (tertiary alicyclic amines) is 1. The Morgan fingerprint density at radius 3 is 2.91 bits per heavy atom. The first kappa shape index (κ1) is 15.1. The average molecular weight is 313 g/mol. The second-order valence-electron chi connectivity index (χ2n) is 6.81. The zero-order valence-electron chi connectivity index (χ0n) is 14.0. The third-order valence-electron chi connectivity index (χ3n) is 5.47. The van der Waals surface area contributed by atoms with E-state index < -0.39 is 0 Å². The van der Waals surface area contributed by atoms with E-state index in [0.717, 1.165) is 30.8 Å². The largest absolute Gasteiger partial charge is 0.317 e. The monoisotopic (exact) mass is 313 g/mol. The molecule has 1 N–H and O–H groups in total. The van der Waals surface area contributed by atoms with Gasteiger partial charge in [-0.1, -0.05) is 13.3 Å². The molecule has 5 nitrogen and oxygen atoms in total. The van der Waals surface area contributed by atoms with Crippen LogP contribution in [0.1, 0.15) is 56.9 Å². The Hall–Kier alpha value is -1.46. The van der Waals surface area contributed by atoms with Gasteiger partial charge in [-0.15, -0.1) is 0 Å². The SMILES string of the molecule is CCN1CCCCC1c1nc2cccnc2n1C1CCNCC1. The fraction of sp³-hybridized carbons (Fsp3) is 0.667. The molecule has 4 rings (SSSR count). The van der Waals surface area contributed by atoms with Gasteiger partial charge in [0.05, 0.1) is 6.04 Å². The summed E-state index contributed by atoms with van der Waals surface area (Å²) >= 11 is 0. The lowest BCUT2D eigenvalue weighted by molar-refractivity contribution is 0.144. The molecule has 0 spiro atoms. The summed E-state index contributed by atoms with van der Waals surface area (Å²) in [7, 11) is 0. The minimum absolute atomic E-state index is 0.456. The molecule has 23 heavy (non-hydrogen) atoms. The molecule has 1 unspecified atom stereocenters. The summed E-state index contributed by atoms with van der Waals surface area (Å²) < 4.78 is 2.48. The zero-order valence-corrected chi connectivity index (χ0v) is 14.0. The van der Waals surface area contributed by atoms with Gasteiger partial charge in [0.25, 0.3) is 0 Å². The summed E-state index contributed by atoms with van der Waals surface area (Å²) in [5.74, 6) is 1.26. The third kappa shape index (κ3) is 2.76. The number of hydrogen-bond acceptors (Lipinski definition) is 4. The molecule has 0 amide bonds. The maximum atomic E-state index is 5.05. The van der Waals surface area contributed by atoms with Crippen LogP contribution in [0.25, 0.3) is 11.2 Å². The summed E-state index contributed by atoms with van der Waals surface area (Å²) in [4.78, 5) is 12.3. The lowest BCUT2D eigenvalue weighted by Gasteiger charge is -2.36. The highest BCUT2D eigenvalue weighted by Crippen LogP contribution is 2.35. The Morgan fingerprint density at radius 1 is 1.22 bits per heavy atom. The lowest BCUT2D eigenvalue weighted by Crippen LogP contribution is -2.36. The van der Waals surface area contributed by atoms with Gasteiger partial charge in [-0.2, -0.15) is 0 Å². The van der Waals surface area contributed by atoms with E-state index in [4.69, 9.17) is 4.98 Å². The molecule has 2 aromatic rings. The van der Waals surface area contributed by atoms with Crippen LogP contribution < -0.4 is 5.32 Å². The summed E-state index contributed by atoms with van der Waals surface area (Å²) in [6.45, 7) is 6.77. The van der Waals surface area contributed by atoms with Crippen LogP contribution in [0.3, 0.4) is 0 Å². The van der Waals surface area contributed by atoms with Crippen molar-refractivity contribution in [1.29, 1.82) is 0 Å². The number of fused-ring (bicyclic) bond motifs is 1. The van der Waals surface area contributed by atoms with Crippen LogP contribution in [0.4, 0.5) is 0 Å². The van der Waals surface area contributed by atoms with Crippen molar-refractivity contribution in [3.63, 3.8) is 0 Å². The second-order valence-corrected chi connectivity index (χ2v) is 6.81. The Kier molecular flexibility index (Phi) is 4.31. The van der Waals surface area contributed by atoms with Crippen molar-refractivity contribution < 1.29 is 0 Å². The van der Waals surface area contributed by atoms with E-state index in [9.17, 15) is 0 Å². The van der Waals surface area contributed by atoms with Gasteiger partial charge in [0.2, 0.25) is 0 Å². The number of piperidine rings is 2. The van der Waals surface area contributed by atoms with Crippen molar-refractivity contribution in [3.8, 4) is 0 Å². The molecule has 0 bridgehead atoms. The van der Waals surface area contributed by atoms with Crippen LogP contribution in [0, 0.1) is 0 Å². The van der Waals surface area contributed by atoms with Crippen LogP contribution in [0.15, 0.2) is 18.3 Å². The first-order chi connectivity index (χ1) is 11.4. The predicted octanol–water partition coefficient (Wildman–Crippen LogP) is 2.90. The number of aromatic nitrogens is 3. The molecule has 2 aromatic heterocycles. The molecule has 0 aromatic carbocycles. The molecule has 0 aliphatic carbocycles. The smallest absolute Gasteiger partial charge is 0.160 e. The number of imidazole rings is 1. The Balaban J connectivity index is 1.81. The summed E-state index contributed by atoms with van der Waals surface area (Å²) in [6.07, 6.45) is 8.11. The summed E-state index contributed by atoms with van der Waals surface area (Å²) in [5.41, 5.74) is 2.14. The Morgan fingerprint density at radius 2 is 2.09 bits per heavy atom. The molecule has 2 aliphatic heterocycles. The normalized spacial score (nSPS) is 24.3. The van der Waals surface area contributed by atoms with E-state index in [-0.39, 0.29) is 0 Å². The molecule has 2 aliphatic rings. The first-order valence-corrected chi connectivity index (χ1v) is 9.16. The highest BCUT2D eigenvalue weighted by molar-refractivity contribution is 5.71. The molecular formula is C18H27N5. The summed E-state index contributed by atoms with van der Waals surface area (Å²) in [5, 5.41) is 3.48. The maximum Gasteiger partial charge on any atom is 0.160 e. The van der Waals surface area contributed by atoms with E-state index in [1.807, 2.05) is 12.3 Å². The molecule has 1 atom stereocenters. The van der Waals surface area contributed by atoms with Crippen molar-refractivity contribution in [1.82, 2.24) is 24.8 Å². The van der Waals surface area contributed by atoms with Crippen molar-refractivity contribution in [2.24, 2.45) is 0 Å². The molecular weight excluding hydrogens is 286 g/mol. The number of rotatable bonds is 3. The van der Waals surface area contributed by atoms with Gasteiger partial charge in [-0.05, 0) is 64.0 Å². The average Bonchev–Trinajstić information content (AvgIpc) is 3.01. The van der Waals surface area contributed by atoms with Gasteiger partial charge in [0, 0.05) is 12.2 Å². The van der Waals surface area contributed by atoms with Crippen molar-refractivity contribution >= 4 is 11.2 Å². The Labute approximate surface area is 138 Å². The van der Waals surface area contributed by atoms with Gasteiger partial charge >= 0.3 is 0 Å². The van der Waals surface area contributed by atoms with E-state index in [2.05, 4.69) is 32.8 Å². The van der Waals surface area contributed by atoms with Gasteiger partial charge in [0.1, 0.15) is 11.3 Å². The van der Waals surface area contributed by atoms with Crippen LogP contribution in [0.2, 0.25) is 0 Å². The van der Waals surface area contributed by atoms with Gasteiger partial charge in [-0.25, -0.2) is 9.97 Å². The zero-order chi connectivity index (χ0) is 15.6. The molecule has 5 heteroatoms. The van der Waals surface area contributed by atoms with Crippen molar-refractivity contribution in [2.75, 3.05) is 26.2 Å². The number of nitrogens with one attached hydrogen (secondary N) is 1. The van der Waals surface area contributed by atoms with Crippen LogP contribution in [0.5, 0.6) is 0 Å². The minimum atomic E-state index is 0.456. The molecule has 2 saturated heterocycles. The van der Waals surface area contributed by atoms with E-state index in [0.29, 0.717) is 12.1 Å². The highest BCUT2D eigenvalue weighted by atomic mass is 15.2. The van der Waals surface area contributed by atoms with Gasteiger partial charge in [0.15, 0.2) is 5.65 Å². The Bertz CT molecular complexity index is 658.